The molecular weight excluding hydrogens is 208 g/mol. The first-order valence-corrected chi connectivity index (χ1v) is 6.66. The highest BCUT2D eigenvalue weighted by atomic mass is 32.2. The number of hydrogen-bond donors (Lipinski definition) is 2. The minimum Gasteiger partial charge on any atom is -0.353 e. The quantitative estimate of drug-likeness (QED) is 0.734. The zero-order valence-corrected chi connectivity index (χ0v) is 11.3. The summed E-state index contributed by atoms with van der Waals surface area (Å²) in [6.45, 7) is 8.76. The normalized spacial score (nSPS) is 12.7. The summed E-state index contributed by atoms with van der Waals surface area (Å²) in [6.07, 6.45) is 3.39. The van der Waals surface area contributed by atoms with E-state index in [1.54, 1.807) is 11.8 Å². The first kappa shape index (κ1) is 14.8. The van der Waals surface area contributed by atoms with Crippen LogP contribution in [0.15, 0.2) is 0 Å². The Hall–Kier alpha value is -0.220. The van der Waals surface area contributed by atoms with E-state index in [4.69, 9.17) is 5.73 Å². The molecular formula is C11H24N2OS. The van der Waals surface area contributed by atoms with E-state index >= 15 is 0 Å². The molecule has 0 aliphatic heterocycles. The summed E-state index contributed by atoms with van der Waals surface area (Å²) < 4.78 is 0.0675. The van der Waals surface area contributed by atoms with Crippen molar-refractivity contribution in [3.63, 3.8) is 0 Å². The third-order valence-electron chi connectivity index (χ3n) is 2.94. The second-order valence-electron chi connectivity index (χ2n) is 4.51. The van der Waals surface area contributed by atoms with Crippen molar-refractivity contribution in [2.75, 3.05) is 12.8 Å². The molecule has 0 radical (unpaired) electrons. The lowest BCUT2D eigenvalue weighted by Gasteiger charge is -2.28. The van der Waals surface area contributed by atoms with Gasteiger partial charge in [0.25, 0.3) is 0 Å². The van der Waals surface area contributed by atoms with E-state index in [1.807, 2.05) is 20.1 Å². The van der Waals surface area contributed by atoms with Gasteiger partial charge >= 0.3 is 0 Å². The van der Waals surface area contributed by atoms with Gasteiger partial charge in [-0.25, -0.2) is 0 Å². The number of rotatable bonds is 6. The Labute approximate surface area is 97.6 Å². The zero-order valence-electron chi connectivity index (χ0n) is 10.5. The fourth-order valence-corrected chi connectivity index (χ4v) is 1.33. The average Bonchev–Trinajstić information content (AvgIpc) is 2.24. The highest BCUT2D eigenvalue weighted by molar-refractivity contribution is 7.99. The lowest BCUT2D eigenvalue weighted by molar-refractivity contribution is -0.126. The molecule has 0 bridgehead atoms. The summed E-state index contributed by atoms with van der Waals surface area (Å²) in [4.78, 5) is 11.8. The molecule has 0 fully saturated rings. The van der Waals surface area contributed by atoms with Crippen molar-refractivity contribution in [1.29, 1.82) is 0 Å². The number of hydrogen-bond acceptors (Lipinski definition) is 3. The summed E-state index contributed by atoms with van der Waals surface area (Å²) >= 11 is 1.74. The Morgan fingerprint density at radius 2 is 1.80 bits per heavy atom. The second-order valence-corrected chi connectivity index (χ2v) is 6.02. The molecule has 3 N–H and O–H groups in total. The topological polar surface area (TPSA) is 55.1 Å². The van der Waals surface area contributed by atoms with Crippen LogP contribution in [0.4, 0.5) is 0 Å². The maximum Gasteiger partial charge on any atom is 0.240 e. The van der Waals surface area contributed by atoms with Crippen molar-refractivity contribution in [2.45, 2.75) is 50.8 Å². The van der Waals surface area contributed by atoms with E-state index in [2.05, 4.69) is 19.2 Å². The fourth-order valence-electron chi connectivity index (χ4n) is 1.11. The van der Waals surface area contributed by atoms with Gasteiger partial charge in [0.1, 0.15) is 0 Å². The standard InChI is InChI=1S/C11H24N2OS/c1-6-11(12,7-2)9(14)13-8-10(3,4)15-5/h6-8,12H2,1-5H3,(H,13,14). The van der Waals surface area contributed by atoms with E-state index in [-0.39, 0.29) is 10.7 Å². The molecule has 15 heavy (non-hydrogen) atoms. The van der Waals surface area contributed by atoms with Crippen molar-refractivity contribution in [3.05, 3.63) is 0 Å². The third kappa shape index (κ3) is 4.43. The molecule has 0 aromatic rings. The van der Waals surface area contributed by atoms with E-state index in [9.17, 15) is 4.79 Å². The predicted octanol–water partition coefficient (Wildman–Crippen LogP) is 1.76. The number of carbonyl (C=O) groups excluding carboxylic acids is 1. The monoisotopic (exact) mass is 232 g/mol. The van der Waals surface area contributed by atoms with Gasteiger partial charge in [0.2, 0.25) is 5.91 Å². The lowest BCUT2D eigenvalue weighted by Crippen LogP contribution is -2.54. The number of thioether (sulfide) groups is 1. The van der Waals surface area contributed by atoms with Gasteiger partial charge in [-0.2, -0.15) is 11.8 Å². The van der Waals surface area contributed by atoms with Gasteiger partial charge in [-0.3, -0.25) is 4.79 Å². The Bertz CT molecular complexity index is 213. The lowest BCUT2D eigenvalue weighted by atomic mass is 9.93. The van der Waals surface area contributed by atoms with Crippen LogP contribution in [0.2, 0.25) is 0 Å². The van der Waals surface area contributed by atoms with Crippen molar-refractivity contribution >= 4 is 17.7 Å². The minimum absolute atomic E-state index is 0.0328. The first-order chi connectivity index (χ1) is 6.81. The molecule has 3 nitrogen and oxygen atoms in total. The maximum absolute atomic E-state index is 11.8. The molecule has 0 aliphatic rings. The third-order valence-corrected chi connectivity index (χ3v) is 4.19. The van der Waals surface area contributed by atoms with Crippen LogP contribution in [0.25, 0.3) is 0 Å². The molecule has 90 valence electrons. The number of amides is 1. The minimum atomic E-state index is -0.700. The van der Waals surface area contributed by atoms with Gasteiger partial charge in [0, 0.05) is 11.3 Å². The highest BCUT2D eigenvalue weighted by Crippen LogP contribution is 2.20. The molecule has 0 saturated heterocycles. The van der Waals surface area contributed by atoms with Crippen LogP contribution in [0.5, 0.6) is 0 Å². The van der Waals surface area contributed by atoms with Crippen LogP contribution >= 0.6 is 11.8 Å². The van der Waals surface area contributed by atoms with Gasteiger partial charge in [-0.15, -0.1) is 0 Å². The molecule has 4 heteroatoms. The van der Waals surface area contributed by atoms with Crippen LogP contribution in [0.3, 0.4) is 0 Å². The number of nitrogens with two attached hydrogens (primary N) is 1. The summed E-state index contributed by atoms with van der Waals surface area (Å²) in [5, 5.41) is 2.93. The van der Waals surface area contributed by atoms with E-state index in [1.165, 1.54) is 0 Å². The molecule has 0 spiro atoms. The summed E-state index contributed by atoms with van der Waals surface area (Å²) in [7, 11) is 0. The fraction of sp³-hybridized carbons (Fsp3) is 0.909. The van der Waals surface area contributed by atoms with Crippen LogP contribution in [0.1, 0.15) is 40.5 Å². The van der Waals surface area contributed by atoms with Crippen molar-refractivity contribution in [2.24, 2.45) is 5.73 Å². The molecule has 0 aromatic carbocycles. The second kappa shape index (κ2) is 5.75. The smallest absolute Gasteiger partial charge is 0.240 e. The van der Waals surface area contributed by atoms with Crippen LogP contribution in [-0.4, -0.2) is 29.0 Å². The first-order valence-electron chi connectivity index (χ1n) is 5.43. The van der Waals surface area contributed by atoms with Crippen molar-refractivity contribution in [1.82, 2.24) is 5.32 Å². The maximum atomic E-state index is 11.8. The summed E-state index contributed by atoms with van der Waals surface area (Å²) in [5.74, 6) is -0.0328. The Kier molecular flexibility index (Phi) is 5.67. The summed E-state index contributed by atoms with van der Waals surface area (Å²) in [5.41, 5.74) is 5.29. The van der Waals surface area contributed by atoms with Crippen LogP contribution in [0, 0.1) is 0 Å². The predicted molar refractivity (Wildman–Crippen MR) is 68.1 cm³/mol. The van der Waals surface area contributed by atoms with Gasteiger partial charge in [0.05, 0.1) is 5.54 Å². The molecule has 1 amide bonds. The van der Waals surface area contributed by atoms with Crippen LogP contribution in [-0.2, 0) is 4.79 Å². The highest BCUT2D eigenvalue weighted by Gasteiger charge is 2.30. The van der Waals surface area contributed by atoms with Crippen LogP contribution < -0.4 is 11.1 Å². The van der Waals surface area contributed by atoms with Gasteiger partial charge < -0.3 is 11.1 Å². The molecule has 0 heterocycles. The van der Waals surface area contributed by atoms with E-state index in [0.717, 1.165) is 0 Å². The number of nitrogens with one attached hydrogen (secondary N) is 1. The molecule has 0 atom stereocenters. The van der Waals surface area contributed by atoms with Gasteiger partial charge in [-0.05, 0) is 32.9 Å². The van der Waals surface area contributed by atoms with Crippen molar-refractivity contribution < 1.29 is 4.79 Å². The molecule has 0 unspecified atom stereocenters. The Balaban J connectivity index is 4.26. The molecule has 0 aliphatic carbocycles. The van der Waals surface area contributed by atoms with Crippen molar-refractivity contribution in [3.8, 4) is 0 Å². The zero-order chi connectivity index (χ0) is 12.1. The SMILES string of the molecule is CCC(N)(CC)C(=O)NCC(C)(C)SC. The molecule has 0 rings (SSSR count). The number of carbonyl (C=O) groups is 1. The van der Waals surface area contributed by atoms with Gasteiger partial charge in [0.15, 0.2) is 0 Å². The largest absolute Gasteiger partial charge is 0.353 e. The summed E-state index contributed by atoms with van der Waals surface area (Å²) in [6, 6.07) is 0. The molecule has 0 aromatic heterocycles. The Morgan fingerprint density at radius 3 is 2.13 bits per heavy atom. The van der Waals surface area contributed by atoms with E-state index in [0.29, 0.717) is 19.4 Å². The average molecular weight is 232 g/mol. The Morgan fingerprint density at radius 1 is 1.33 bits per heavy atom. The molecule has 0 saturated carbocycles. The van der Waals surface area contributed by atoms with E-state index < -0.39 is 5.54 Å². The van der Waals surface area contributed by atoms with Gasteiger partial charge in [-0.1, -0.05) is 13.8 Å².